The highest BCUT2D eigenvalue weighted by Gasteiger charge is 2.21. The molecule has 5 heteroatoms. The number of rotatable bonds is 2. The first-order valence-electron chi connectivity index (χ1n) is 6.58. The number of hydrogen-bond donors (Lipinski definition) is 2. The first kappa shape index (κ1) is 14.2. The maximum Gasteiger partial charge on any atom is 0.321 e. The van der Waals surface area contributed by atoms with E-state index in [4.69, 9.17) is 11.6 Å². The lowest BCUT2D eigenvalue weighted by Gasteiger charge is -2.31. The van der Waals surface area contributed by atoms with Crippen molar-refractivity contribution in [2.45, 2.75) is 25.8 Å². The summed E-state index contributed by atoms with van der Waals surface area (Å²) >= 11 is 6.05. The number of amides is 2. The molecule has 104 valence electrons. The van der Waals surface area contributed by atoms with Crippen LogP contribution in [0.25, 0.3) is 0 Å². The van der Waals surface area contributed by atoms with Crippen LogP contribution in [0.3, 0.4) is 0 Å². The molecule has 0 aromatic heterocycles. The number of urea groups is 1. The van der Waals surface area contributed by atoms with Crippen LogP contribution in [0.4, 0.5) is 10.5 Å². The van der Waals surface area contributed by atoms with Gasteiger partial charge in [0.2, 0.25) is 0 Å². The van der Waals surface area contributed by atoms with Crippen LogP contribution in [0.1, 0.15) is 18.4 Å². The Morgan fingerprint density at radius 3 is 2.95 bits per heavy atom. The van der Waals surface area contributed by atoms with E-state index in [1.54, 1.807) is 11.0 Å². The maximum absolute atomic E-state index is 12.2. The predicted molar refractivity (Wildman–Crippen MR) is 78.9 cm³/mol. The number of carbonyl (C=O) groups is 1. The minimum atomic E-state index is -0.0892. The first-order chi connectivity index (χ1) is 9.08. The molecule has 19 heavy (non-hydrogen) atoms. The Balaban J connectivity index is 1.97. The van der Waals surface area contributed by atoms with Crippen LogP contribution in [-0.4, -0.2) is 37.1 Å². The van der Waals surface area contributed by atoms with Crippen LogP contribution in [-0.2, 0) is 0 Å². The quantitative estimate of drug-likeness (QED) is 0.875. The van der Waals surface area contributed by atoms with E-state index in [1.807, 2.05) is 26.1 Å². The molecule has 0 saturated carbocycles. The van der Waals surface area contributed by atoms with Gasteiger partial charge in [0.15, 0.2) is 0 Å². The summed E-state index contributed by atoms with van der Waals surface area (Å²) in [7, 11) is 1.84. The van der Waals surface area contributed by atoms with Crippen LogP contribution in [0.15, 0.2) is 18.2 Å². The van der Waals surface area contributed by atoms with Crippen molar-refractivity contribution in [1.29, 1.82) is 0 Å². The average Bonchev–Trinajstić information content (AvgIpc) is 2.43. The minimum absolute atomic E-state index is 0.0892. The normalized spacial score (nSPS) is 19.0. The number of aryl methyl sites for hydroxylation is 1. The number of hydrogen-bond acceptors (Lipinski definition) is 2. The van der Waals surface area contributed by atoms with Gasteiger partial charge in [-0.25, -0.2) is 4.79 Å². The molecule has 0 bridgehead atoms. The molecule has 1 fully saturated rings. The number of carbonyl (C=O) groups excluding carboxylic acids is 1. The molecule has 1 unspecified atom stereocenters. The van der Waals surface area contributed by atoms with Gasteiger partial charge in [0, 0.05) is 30.3 Å². The van der Waals surface area contributed by atoms with Crippen molar-refractivity contribution in [2.24, 2.45) is 0 Å². The number of piperidine rings is 1. The molecule has 0 spiro atoms. The van der Waals surface area contributed by atoms with Crippen molar-refractivity contribution in [3.8, 4) is 0 Å². The summed E-state index contributed by atoms with van der Waals surface area (Å²) in [4.78, 5) is 13.9. The van der Waals surface area contributed by atoms with Crippen LogP contribution in [0.2, 0.25) is 5.02 Å². The van der Waals surface area contributed by atoms with Gasteiger partial charge >= 0.3 is 6.03 Å². The van der Waals surface area contributed by atoms with Crippen molar-refractivity contribution < 1.29 is 4.79 Å². The number of nitrogens with zero attached hydrogens (tertiary/aromatic N) is 1. The number of likely N-dealkylation sites (N-methyl/N-ethyl adjacent to an activating group) is 1. The highest BCUT2D eigenvalue weighted by atomic mass is 35.5. The molecule has 1 aromatic rings. The van der Waals surface area contributed by atoms with Gasteiger partial charge in [-0.2, -0.15) is 0 Å². The van der Waals surface area contributed by atoms with E-state index in [-0.39, 0.29) is 12.1 Å². The summed E-state index contributed by atoms with van der Waals surface area (Å²) in [6.07, 6.45) is 2.16. The fraction of sp³-hybridized carbons (Fsp3) is 0.500. The Labute approximate surface area is 119 Å². The van der Waals surface area contributed by atoms with E-state index in [2.05, 4.69) is 10.6 Å². The molecule has 1 aliphatic heterocycles. The Hall–Kier alpha value is -1.26. The van der Waals surface area contributed by atoms with E-state index in [0.29, 0.717) is 5.02 Å². The predicted octanol–water partition coefficient (Wildman–Crippen LogP) is 2.86. The summed E-state index contributed by atoms with van der Waals surface area (Å²) in [6, 6.07) is 5.72. The molecule has 0 aliphatic carbocycles. The van der Waals surface area contributed by atoms with Gasteiger partial charge in [-0.3, -0.25) is 0 Å². The number of anilines is 1. The second-order valence-electron chi connectivity index (χ2n) is 5.01. The average molecular weight is 282 g/mol. The summed E-state index contributed by atoms with van der Waals surface area (Å²) in [6.45, 7) is 3.84. The molecule has 2 N–H and O–H groups in total. The van der Waals surface area contributed by atoms with Crippen molar-refractivity contribution in [2.75, 3.05) is 25.5 Å². The molecule has 0 radical (unpaired) electrons. The number of nitrogens with one attached hydrogen (secondary N) is 2. The van der Waals surface area contributed by atoms with Gasteiger partial charge in [-0.15, -0.1) is 0 Å². The molecule has 1 aliphatic rings. The van der Waals surface area contributed by atoms with Crippen molar-refractivity contribution in [1.82, 2.24) is 10.2 Å². The lowest BCUT2D eigenvalue weighted by atomic mass is 10.1. The fourth-order valence-corrected chi connectivity index (χ4v) is 2.39. The fourth-order valence-electron chi connectivity index (χ4n) is 2.21. The molecule has 1 heterocycles. The zero-order valence-corrected chi connectivity index (χ0v) is 12.1. The number of halogens is 1. The molecular weight excluding hydrogens is 262 g/mol. The van der Waals surface area contributed by atoms with Crippen LogP contribution < -0.4 is 10.6 Å². The van der Waals surface area contributed by atoms with Gasteiger partial charge in [-0.1, -0.05) is 17.7 Å². The van der Waals surface area contributed by atoms with Crippen LogP contribution >= 0.6 is 11.6 Å². The van der Waals surface area contributed by atoms with Gasteiger partial charge in [0.1, 0.15) is 0 Å². The molecule has 2 amide bonds. The minimum Gasteiger partial charge on any atom is -0.323 e. The zero-order chi connectivity index (χ0) is 13.8. The van der Waals surface area contributed by atoms with Gasteiger partial charge in [0.05, 0.1) is 0 Å². The molecular formula is C14H20ClN3O. The third-order valence-corrected chi connectivity index (χ3v) is 3.97. The smallest absolute Gasteiger partial charge is 0.321 e. The van der Waals surface area contributed by atoms with Crippen molar-refractivity contribution in [3.63, 3.8) is 0 Å². The van der Waals surface area contributed by atoms with Gasteiger partial charge in [-0.05, 0) is 44.0 Å². The third kappa shape index (κ3) is 3.61. The Bertz CT molecular complexity index is 458. The highest BCUT2D eigenvalue weighted by molar-refractivity contribution is 6.31. The summed E-state index contributed by atoms with van der Waals surface area (Å²) in [5.41, 5.74) is 1.74. The highest BCUT2D eigenvalue weighted by Crippen LogP contribution is 2.20. The topological polar surface area (TPSA) is 44.4 Å². The van der Waals surface area contributed by atoms with Gasteiger partial charge < -0.3 is 15.5 Å². The molecule has 1 saturated heterocycles. The van der Waals surface area contributed by atoms with Crippen LogP contribution in [0, 0.1) is 6.92 Å². The summed E-state index contributed by atoms with van der Waals surface area (Å²) < 4.78 is 0. The van der Waals surface area contributed by atoms with Crippen molar-refractivity contribution >= 4 is 23.3 Å². The molecule has 1 atom stereocenters. The lowest BCUT2D eigenvalue weighted by Crippen LogP contribution is -2.48. The Kier molecular flexibility index (Phi) is 4.66. The van der Waals surface area contributed by atoms with E-state index >= 15 is 0 Å². The van der Waals surface area contributed by atoms with E-state index in [0.717, 1.165) is 37.2 Å². The van der Waals surface area contributed by atoms with E-state index in [9.17, 15) is 4.79 Å². The second-order valence-corrected chi connectivity index (χ2v) is 5.41. The summed E-state index contributed by atoms with van der Waals surface area (Å²) in [5, 5.41) is 6.86. The van der Waals surface area contributed by atoms with Crippen LogP contribution in [0.5, 0.6) is 0 Å². The zero-order valence-electron chi connectivity index (χ0n) is 11.4. The Morgan fingerprint density at radius 2 is 2.32 bits per heavy atom. The maximum atomic E-state index is 12.2. The first-order valence-corrected chi connectivity index (χ1v) is 6.96. The Morgan fingerprint density at radius 1 is 1.53 bits per heavy atom. The monoisotopic (exact) mass is 281 g/mol. The SMILES string of the molecule is Cc1ccc(NC(=O)N(C)C2CCCNC2)cc1Cl. The van der Waals surface area contributed by atoms with E-state index in [1.165, 1.54) is 0 Å². The van der Waals surface area contributed by atoms with Crippen molar-refractivity contribution in [3.05, 3.63) is 28.8 Å². The second kappa shape index (κ2) is 6.26. The van der Waals surface area contributed by atoms with Gasteiger partial charge in [0.25, 0.3) is 0 Å². The largest absolute Gasteiger partial charge is 0.323 e. The molecule has 1 aromatic carbocycles. The van der Waals surface area contributed by atoms with E-state index < -0.39 is 0 Å². The number of benzene rings is 1. The lowest BCUT2D eigenvalue weighted by molar-refractivity contribution is 0.191. The third-order valence-electron chi connectivity index (χ3n) is 3.56. The molecule has 4 nitrogen and oxygen atoms in total. The molecule has 2 rings (SSSR count). The standard InChI is InChI=1S/C14H20ClN3O/c1-10-5-6-11(8-13(10)15)17-14(19)18(2)12-4-3-7-16-9-12/h5-6,8,12,16H,3-4,7,9H2,1-2H3,(H,17,19). The summed E-state index contributed by atoms with van der Waals surface area (Å²) in [5.74, 6) is 0.